The van der Waals surface area contributed by atoms with Gasteiger partial charge in [-0.05, 0) is 40.5 Å². The molecule has 3 rings (SSSR count). The zero-order valence-corrected chi connectivity index (χ0v) is 16.1. The lowest BCUT2D eigenvalue weighted by Gasteiger charge is -2.15. The third-order valence-electron chi connectivity index (χ3n) is 3.74. The molecule has 0 fully saturated rings. The molecule has 0 aliphatic rings. The Balaban J connectivity index is 1.57. The minimum Gasteiger partial charge on any atom is -0.483 e. The van der Waals surface area contributed by atoms with Crippen LogP contribution in [0.1, 0.15) is 11.5 Å². The van der Waals surface area contributed by atoms with E-state index in [1.54, 1.807) is 7.05 Å². The summed E-state index contributed by atoms with van der Waals surface area (Å²) in [4.78, 5) is 18.1. The molecule has 6 nitrogen and oxygen atoms in total. The third-order valence-corrected chi connectivity index (χ3v) is 4.36. The Bertz CT molecular complexity index is 896. The molecule has 7 heteroatoms. The Kier molecular flexibility index (Phi) is 5.68. The quantitative estimate of drug-likeness (QED) is 0.611. The summed E-state index contributed by atoms with van der Waals surface area (Å²) in [6.45, 7) is 2.14. The molecule has 134 valence electrons. The van der Waals surface area contributed by atoms with Gasteiger partial charge in [-0.3, -0.25) is 4.79 Å². The average Bonchev–Trinajstić information content (AvgIpc) is 3.10. The fourth-order valence-electron chi connectivity index (χ4n) is 2.29. The number of aryl methyl sites for hydroxylation is 1. The van der Waals surface area contributed by atoms with E-state index in [0.717, 1.165) is 15.6 Å². The van der Waals surface area contributed by atoms with Gasteiger partial charge in [-0.2, -0.15) is 4.98 Å². The first kappa shape index (κ1) is 18.1. The predicted molar refractivity (Wildman–Crippen MR) is 101 cm³/mol. The van der Waals surface area contributed by atoms with E-state index in [1.165, 1.54) is 4.90 Å². The third kappa shape index (κ3) is 4.49. The number of rotatable bonds is 6. The average molecular weight is 416 g/mol. The SMILES string of the molecule is Cc1ccc(OCC(=O)N(C)Cc2nc(-c3ccccc3)no2)c(Br)c1. The summed E-state index contributed by atoms with van der Waals surface area (Å²) < 4.78 is 11.6. The Morgan fingerprint density at radius 1 is 1.23 bits per heavy atom. The molecule has 0 saturated carbocycles. The van der Waals surface area contributed by atoms with Crippen LogP contribution in [0.5, 0.6) is 5.75 Å². The lowest BCUT2D eigenvalue weighted by molar-refractivity contribution is -0.132. The van der Waals surface area contributed by atoms with Crippen molar-refractivity contribution in [2.24, 2.45) is 0 Å². The first-order valence-electron chi connectivity index (χ1n) is 8.04. The highest BCUT2D eigenvalue weighted by Gasteiger charge is 2.15. The van der Waals surface area contributed by atoms with Gasteiger partial charge >= 0.3 is 0 Å². The van der Waals surface area contributed by atoms with Crippen molar-refractivity contribution >= 4 is 21.8 Å². The minimum absolute atomic E-state index is 0.0716. The van der Waals surface area contributed by atoms with Crippen molar-refractivity contribution < 1.29 is 14.1 Å². The Morgan fingerprint density at radius 3 is 2.73 bits per heavy atom. The number of ether oxygens (including phenoxy) is 1. The van der Waals surface area contributed by atoms with E-state index in [1.807, 2.05) is 55.5 Å². The van der Waals surface area contributed by atoms with Gasteiger partial charge in [-0.15, -0.1) is 0 Å². The van der Waals surface area contributed by atoms with Crippen molar-refractivity contribution in [1.29, 1.82) is 0 Å². The molecule has 0 unspecified atom stereocenters. The van der Waals surface area contributed by atoms with Crippen molar-refractivity contribution in [3.63, 3.8) is 0 Å². The molecule has 0 aliphatic heterocycles. The zero-order valence-electron chi connectivity index (χ0n) is 14.5. The van der Waals surface area contributed by atoms with E-state index in [4.69, 9.17) is 9.26 Å². The van der Waals surface area contributed by atoms with Crippen LogP contribution in [0, 0.1) is 6.92 Å². The van der Waals surface area contributed by atoms with Crippen LogP contribution in [0.25, 0.3) is 11.4 Å². The van der Waals surface area contributed by atoms with Crippen molar-refractivity contribution in [2.75, 3.05) is 13.7 Å². The van der Waals surface area contributed by atoms with Crippen LogP contribution in [0.4, 0.5) is 0 Å². The number of hydrogen-bond acceptors (Lipinski definition) is 5. The number of hydrogen-bond donors (Lipinski definition) is 0. The lowest BCUT2D eigenvalue weighted by Crippen LogP contribution is -2.31. The number of nitrogens with zero attached hydrogens (tertiary/aromatic N) is 3. The standard InChI is InChI=1S/C19H18BrN3O3/c1-13-8-9-16(15(20)10-13)25-12-18(24)23(2)11-17-21-19(22-26-17)14-6-4-3-5-7-14/h3-10H,11-12H2,1-2H3. The maximum Gasteiger partial charge on any atom is 0.260 e. The second-order valence-corrected chi connectivity index (χ2v) is 6.70. The molecule has 0 saturated heterocycles. The molecule has 1 heterocycles. The highest BCUT2D eigenvalue weighted by atomic mass is 79.9. The number of benzene rings is 2. The van der Waals surface area contributed by atoms with E-state index >= 15 is 0 Å². The summed E-state index contributed by atoms with van der Waals surface area (Å²) in [6.07, 6.45) is 0. The summed E-state index contributed by atoms with van der Waals surface area (Å²) in [7, 11) is 1.67. The van der Waals surface area contributed by atoms with Crippen LogP contribution in [0.3, 0.4) is 0 Å². The van der Waals surface area contributed by atoms with Crippen LogP contribution >= 0.6 is 15.9 Å². The molecule has 0 aliphatic carbocycles. The van der Waals surface area contributed by atoms with Gasteiger partial charge in [-0.1, -0.05) is 41.6 Å². The van der Waals surface area contributed by atoms with Crippen LogP contribution in [0.2, 0.25) is 0 Å². The molecule has 0 N–H and O–H groups in total. The highest BCUT2D eigenvalue weighted by molar-refractivity contribution is 9.10. The van der Waals surface area contributed by atoms with Crippen LogP contribution < -0.4 is 4.74 Å². The molecular formula is C19H18BrN3O3. The fourth-order valence-corrected chi connectivity index (χ4v) is 2.89. The summed E-state index contributed by atoms with van der Waals surface area (Å²) in [5, 5.41) is 3.95. The van der Waals surface area contributed by atoms with E-state index in [2.05, 4.69) is 26.1 Å². The monoisotopic (exact) mass is 415 g/mol. The van der Waals surface area contributed by atoms with Gasteiger partial charge in [-0.25, -0.2) is 0 Å². The number of halogens is 1. The molecule has 3 aromatic rings. The van der Waals surface area contributed by atoms with Crippen LogP contribution in [0.15, 0.2) is 57.5 Å². The number of likely N-dealkylation sites (N-methyl/N-ethyl adjacent to an activating group) is 1. The van der Waals surface area contributed by atoms with Crippen molar-refractivity contribution in [3.05, 3.63) is 64.5 Å². The van der Waals surface area contributed by atoms with E-state index in [-0.39, 0.29) is 19.1 Å². The van der Waals surface area contributed by atoms with Gasteiger partial charge in [0.15, 0.2) is 6.61 Å². The maximum absolute atomic E-state index is 12.3. The summed E-state index contributed by atoms with van der Waals surface area (Å²) in [6, 6.07) is 15.2. The van der Waals surface area contributed by atoms with Crippen LogP contribution in [-0.2, 0) is 11.3 Å². The Hall–Kier alpha value is -2.67. The van der Waals surface area contributed by atoms with Gasteiger partial charge < -0.3 is 14.2 Å². The van der Waals surface area contributed by atoms with Gasteiger partial charge in [0.05, 0.1) is 11.0 Å². The van der Waals surface area contributed by atoms with Gasteiger partial charge in [0, 0.05) is 12.6 Å². The van der Waals surface area contributed by atoms with Crippen molar-refractivity contribution in [3.8, 4) is 17.1 Å². The molecule has 0 bridgehead atoms. The number of aromatic nitrogens is 2. The first-order chi connectivity index (χ1) is 12.5. The van der Waals surface area contributed by atoms with Gasteiger partial charge in [0.2, 0.25) is 11.7 Å². The summed E-state index contributed by atoms with van der Waals surface area (Å²) >= 11 is 3.43. The molecule has 1 aromatic heterocycles. The first-order valence-corrected chi connectivity index (χ1v) is 8.83. The maximum atomic E-state index is 12.3. The lowest BCUT2D eigenvalue weighted by atomic mass is 10.2. The summed E-state index contributed by atoms with van der Waals surface area (Å²) in [5.74, 6) is 1.32. The molecular weight excluding hydrogens is 398 g/mol. The topological polar surface area (TPSA) is 68.5 Å². The number of carbonyl (C=O) groups is 1. The second kappa shape index (κ2) is 8.14. The Morgan fingerprint density at radius 2 is 2.00 bits per heavy atom. The largest absolute Gasteiger partial charge is 0.483 e. The van der Waals surface area contributed by atoms with E-state index < -0.39 is 0 Å². The van der Waals surface area contributed by atoms with Crippen molar-refractivity contribution in [1.82, 2.24) is 15.0 Å². The van der Waals surface area contributed by atoms with Crippen LogP contribution in [-0.4, -0.2) is 34.6 Å². The van der Waals surface area contributed by atoms with Crippen molar-refractivity contribution in [2.45, 2.75) is 13.5 Å². The molecule has 1 amide bonds. The zero-order chi connectivity index (χ0) is 18.5. The fraction of sp³-hybridized carbons (Fsp3) is 0.211. The number of amides is 1. The van der Waals surface area contributed by atoms with Gasteiger partial charge in [0.1, 0.15) is 5.75 Å². The van der Waals surface area contributed by atoms with E-state index in [0.29, 0.717) is 17.5 Å². The molecule has 0 atom stereocenters. The smallest absolute Gasteiger partial charge is 0.260 e. The molecule has 2 aromatic carbocycles. The predicted octanol–water partition coefficient (Wildman–Crippen LogP) is 3.84. The molecule has 26 heavy (non-hydrogen) atoms. The second-order valence-electron chi connectivity index (χ2n) is 5.85. The Labute approximate surface area is 159 Å². The number of carbonyl (C=O) groups excluding carboxylic acids is 1. The van der Waals surface area contributed by atoms with E-state index in [9.17, 15) is 4.79 Å². The highest BCUT2D eigenvalue weighted by Crippen LogP contribution is 2.25. The normalized spacial score (nSPS) is 10.6. The minimum atomic E-state index is -0.183. The summed E-state index contributed by atoms with van der Waals surface area (Å²) in [5.41, 5.74) is 1.97. The molecule has 0 radical (unpaired) electrons. The van der Waals surface area contributed by atoms with Gasteiger partial charge in [0.25, 0.3) is 5.91 Å². The molecule has 0 spiro atoms.